The van der Waals surface area contributed by atoms with Crippen molar-refractivity contribution in [3.8, 4) is 0 Å². The van der Waals surface area contributed by atoms with Gasteiger partial charge in [-0.2, -0.15) is 0 Å². The number of hydrogen-bond donors (Lipinski definition) is 1. The van der Waals surface area contributed by atoms with Gasteiger partial charge >= 0.3 is 0 Å². The van der Waals surface area contributed by atoms with Gasteiger partial charge in [-0.3, -0.25) is 0 Å². The monoisotopic (exact) mass is 243 g/mol. The molecule has 98 valence electrons. The molecule has 1 aromatic carbocycles. The van der Waals surface area contributed by atoms with Crippen LogP contribution in [0.4, 0.5) is 0 Å². The summed E-state index contributed by atoms with van der Waals surface area (Å²) >= 11 is 0. The Balaban J connectivity index is 1.49. The number of nitrogens with one attached hydrogen (secondary N) is 1. The van der Waals surface area contributed by atoms with Crippen LogP contribution in [-0.2, 0) is 6.54 Å². The van der Waals surface area contributed by atoms with E-state index < -0.39 is 0 Å². The summed E-state index contributed by atoms with van der Waals surface area (Å²) in [7, 11) is 0. The van der Waals surface area contributed by atoms with Gasteiger partial charge in [-0.1, -0.05) is 35.7 Å². The summed E-state index contributed by atoms with van der Waals surface area (Å²) in [4.78, 5) is 0. The van der Waals surface area contributed by atoms with Crippen LogP contribution in [0.5, 0.6) is 0 Å². The summed E-state index contributed by atoms with van der Waals surface area (Å²) in [5, 5.41) is 3.68. The van der Waals surface area contributed by atoms with Crippen LogP contribution in [0.3, 0.4) is 0 Å². The smallest absolute Gasteiger partial charge is 0.0205 e. The highest BCUT2D eigenvalue weighted by Gasteiger charge is 2.38. The van der Waals surface area contributed by atoms with E-state index in [0.717, 1.165) is 24.3 Å². The molecule has 0 spiro atoms. The maximum absolute atomic E-state index is 3.68. The minimum atomic E-state index is 0.967. The van der Waals surface area contributed by atoms with E-state index in [1.807, 2.05) is 0 Å². The fraction of sp³-hybridized carbons (Fsp3) is 0.647. The third kappa shape index (κ3) is 2.61. The molecule has 0 saturated heterocycles. The van der Waals surface area contributed by atoms with Gasteiger partial charge in [-0.15, -0.1) is 0 Å². The molecule has 18 heavy (non-hydrogen) atoms. The molecule has 3 unspecified atom stereocenters. The second-order valence-corrected chi connectivity index (χ2v) is 6.56. The van der Waals surface area contributed by atoms with Gasteiger partial charge in [0.1, 0.15) is 0 Å². The average molecular weight is 243 g/mol. The van der Waals surface area contributed by atoms with Crippen LogP contribution in [0.1, 0.15) is 42.4 Å². The number of benzene rings is 1. The molecule has 2 bridgehead atoms. The quantitative estimate of drug-likeness (QED) is 0.847. The van der Waals surface area contributed by atoms with E-state index in [-0.39, 0.29) is 0 Å². The van der Waals surface area contributed by atoms with Crippen molar-refractivity contribution in [3.05, 3.63) is 34.9 Å². The molecule has 0 heterocycles. The Bertz CT molecular complexity index is 403. The van der Waals surface area contributed by atoms with E-state index in [0.29, 0.717) is 0 Å². The number of hydrogen-bond acceptors (Lipinski definition) is 1. The van der Waals surface area contributed by atoms with Gasteiger partial charge in [-0.25, -0.2) is 0 Å². The topological polar surface area (TPSA) is 12.0 Å². The minimum Gasteiger partial charge on any atom is -0.312 e. The van der Waals surface area contributed by atoms with Crippen LogP contribution in [-0.4, -0.2) is 6.54 Å². The highest BCUT2D eigenvalue weighted by Crippen LogP contribution is 2.47. The van der Waals surface area contributed by atoms with Crippen molar-refractivity contribution in [2.45, 2.75) is 46.1 Å². The van der Waals surface area contributed by atoms with Gasteiger partial charge in [0.05, 0.1) is 0 Å². The Morgan fingerprint density at radius 2 is 1.83 bits per heavy atom. The fourth-order valence-electron chi connectivity index (χ4n) is 4.20. The Hall–Kier alpha value is -0.820. The van der Waals surface area contributed by atoms with Crippen molar-refractivity contribution >= 4 is 0 Å². The number of rotatable bonds is 4. The summed E-state index contributed by atoms with van der Waals surface area (Å²) in [6.45, 7) is 6.64. The van der Waals surface area contributed by atoms with Crippen molar-refractivity contribution in [1.82, 2.24) is 5.32 Å². The first-order valence-electron chi connectivity index (χ1n) is 7.48. The van der Waals surface area contributed by atoms with E-state index in [2.05, 4.69) is 37.4 Å². The largest absolute Gasteiger partial charge is 0.312 e. The summed E-state index contributed by atoms with van der Waals surface area (Å²) in [6, 6.07) is 6.86. The molecule has 2 saturated carbocycles. The van der Waals surface area contributed by atoms with Crippen LogP contribution in [0, 0.1) is 31.6 Å². The SMILES string of the molecule is Cc1cc(C)cc(CNCC2CC3CCC2C3)c1. The van der Waals surface area contributed by atoms with Crippen molar-refractivity contribution in [2.75, 3.05) is 6.54 Å². The van der Waals surface area contributed by atoms with Crippen molar-refractivity contribution in [1.29, 1.82) is 0 Å². The first-order chi connectivity index (χ1) is 8.70. The molecule has 2 aliphatic rings. The normalized spacial score (nSPS) is 30.0. The predicted molar refractivity (Wildman–Crippen MR) is 76.6 cm³/mol. The van der Waals surface area contributed by atoms with Gasteiger partial charge in [0.2, 0.25) is 0 Å². The van der Waals surface area contributed by atoms with Crippen molar-refractivity contribution in [3.63, 3.8) is 0 Å². The lowest BCUT2D eigenvalue weighted by molar-refractivity contribution is 0.318. The second kappa shape index (κ2) is 5.05. The molecule has 0 amide bonds. The fourth-order valence-corrected chi connectivity index (χ4v) is 4.20. The molecule has 1 N–H and O–H groups in total. The van der Waals surface area contributed by atoms with E-state index in [1.54, 1.807) is 0 Å². The number of fused-ring (bicyclic) bond motifs is 2. The van der Waals surface area contributed by atoms with Crippen LogP contribution in [0.25, 0.3) is 0 Å². The van der Waals surface area contributed by atoms with Crippen molar-refractivity contribution < 1.29 is 0 Å². The van der Waals surface area contributed by atoms with Crippen molar-refractivity contribution in [2.24, 2.45) is 17.8 Å². The van der Waals surface area contributed by atoms with Crippen LogP contribution in [0.2, 0.25) is 0 Å². The van der Waals surface area contributed by atoms with E-state index in [9.17, 15) is 0 Å². The summed E-state index contributed by atoms with van der Waals surface area (Å²) in [6.07, 6.45) is 6.03. The molecule has 2 aliphatic carbocycles. The minimum absolute atomic E-state index is 0.967. The van der Waals surface area contributed by atoms with E-state index in [1.165, 1.54) is 48.9 Å². The van der Waals surface area contributed by atoms with Gasteiger partial charge in [0, 0.05) is 6.54 Å². The highest BCUT2D eigenvalue weighted by molar-refractivity contribution is 5.28. The average Bonchev–Trinajstić information content (AvgIpc) is 2.89. The van der Waals surface area contributed by atoms with Gasteiger partial charge < -0.3 is 5.32 Å². The molecule has 1 nitrogen and oxygen atoms in total. The lowest BCUT2D eigenvalue weighted by Crippen LogP contribution is -2.26. The lowest BCUT2D eigenvalue weighted by atomic mass is 9.89. The van der Waals surface area contributed by atoms with Gasteiger partial charge in [0.25, 0.3) is 0 Å². The first kappa shape index (κ1) is 12.2. The second-order valence-electron chi connectivity index (χ2n) is 6.56. The molecule has 1 aromatic rings. The maximum atomic E-state index is 3.68. The summed E-state index contributed by atoms with van der Waals surface area (Å²) in [5.41, 5.74) is 4.20. The Kier molecular flexibility index (Phi) is 3.43. The Labute approximate surface area is 111 Å². The molecule has 0 aliphatic heterocycles. The van der Waals surface area contributed by atoms with E-state index >= 15 is 0 Å². The highest BCUT2D eigenvalue weighted by atomic mass is 14.9. The third-order valence-corrected chi connectivity index (χ3v) is 4.90. The first-order valence-corrected chi connectivity index (χ1v) is 7.48. The zero-order valence-electron chi connectivity index (χ0n) is 11.7. The Morgan fingerprint density at radius 1 is 1.06 bits per heavy atom. The molecule has 2 fully saturated rings. The van der Waals surface area contributed by atoms with Crippen LogP contribution < -0.4 is 5.32 Å². The third-order valence-electron chi connectivity index (χ3n) is 4.90. The maximum Gasteiger partial charge on any atom is 0.0205 e. The number of aryl methyl sites for hydroxylation is 2. The molecule has 1 heteroatoms. The zero-order valence-corrected chi connectivity index (χ0v) is 11.7. The van der Waals surface area contributed by atoms with Gasteiger partial charge in [0.15, 0.2) is 0 Å². The van der Waals surface area contributed by atoms with E-state index in [4.69, 9.17) is 0 Å². The summed E-state index contributed by atoms with van der Waals surface area (Å²) in [5.74, 6) is 3.08. The predicted octanol–water partition coefficient (Wildman–Crippen LogP) is 3.83. The molecular weight excluding hydrogens is 218 g/mol. The summed E-state index contributed by atoms with van der Waals surface area (Å²) < 4.78 is 0. The molecule has 0 radical (unpaired) electrons. The molecule has 3 rings (SSSR count). The Morgan fingerprint density at radius 3 is 2.44 bits per heavy atom. The molecular formula is C17H25N. The molecule has 0 aromatic heterocycles. The zero-order chi connectivity index (χ0) is 12.5. The van der Waals surface area contributed by atoms with Gasteiger partial charge in [-0.05, 0) is 63.0 Å². The van der Waals surface area contributed by atoms with Crippen LogP contribution >= 0.6 is 0 Å². The van der Waals surface area contributed by atoms with Crippen LogP contribution in [0.15, 0.2) is 18.2 Å². The standard InChI is InChI=1S/C17H25N/c1-12-5-13(2)7-15(6-12)10-18-11-17-9-14-3-4-16(17)8-14/h5-7,14,16-18H,3-4,8-11H2,1-2H3. The molecule has 3 atom stereocenters. The lowest BCUT2D eigenvalue weighted by Gasteiger charge is -2.22.